The fourth-order valence-electron chi connectivity index (χ4n) is 4.08. The molecule has 1 amide bonds. The van der Waals surface area contributed by atoms with E-state index in [4.69, 9.17) is 9.47 Å². The predicted octanol–water partition coefficient (Wildman–Crippen LogP) is 3.88. The minimum absolute atomic E-state index is 0.000895. The van der Waals surface area contributed by atoms with Gasteiger partial charge in [0.25, 0.3) is 5.91 Å². The van der Waals surface area contributed by atoms with Crippen LogP contribution >= 0.6 is 11.3 Å². The molecule has 0 atom stereocenters. The van der Waals surface area contributed by atoms with Gasteiger partial charge in [0.1, 0.15) is 11.6 Å². The van der Waals surface area contributed by atoms with E-state index in [0.29, 0.717) is 37.1 Å². The van der Waals surface area contributed by atoms with Crippen LogP contribution in [0.15, 0.2) is 36.9 Å². The van der Waals surface area contributed by atoms with E-state index in [9.17, 15) is 4.79 Å². The number of hydrogen-bond donors (Lipinski definition) is 0. The number of amides is 1. The molecule has 0 radical (unpaired) electrons. The summed E-state index contributed by atoms with van der Waals surface area (Å²) >= 11 is 1.73. The zero-order valence-corrected chi connectivity index (χ0v) is 18.7. The molecule has 2 aromatic rings. The molecule has 166 valence electrons. The van der Waals surface area contributed by atoms with Gasteiger partial charge in [-0.3, -0.25) is 4.79 Å². The Labute approximate surface area is 187 Å². The van der Waals surface area contributed by atoms with E-state index in [1.54, 1.807) is 17.4 Å². The monoisotopic (exact) mass is 442 g/mol. The average Bonchev–Trinajstić information content (AvgIpc) is 3.33. The van der Waals surface area contributed by atoms with Crippen molar-refractivity contribution in [3.63, 3.8) is 0 Å². The Morgan fingerprint density at radius 3 is 2.48 bits per heavy atom. The molecule has 1 saturated heterocycles. The molecule has 1 aromatic carbocycles. The van der Waals surface area contributed by atoms with Crippen LogP contribution in [-0.4, -0.2) is 60.4 Å². The second-order valence-corrected chi connectivity index (χ2v) is 8.95. The van der Waals surface area contributed by atoms with Crippen LogP contribution in [0.4, 0.5) is 5.13 Å². The summed E-state index contributed by atoms with van der Waals surface area (Å²) in [5, 5.41) is 11.1. The molecule has 31 heavy (non-hydrogen) atoms. The number of hydrogen-bond acceptors (Lipinski definition) is 7. The Balaban J connectivity index is 1.26. The van der Waals surface area contributed by atoms with Crippen molar-refractivity contribution in [1.29, 1.82) is 0 Å². The molecule has 8 heteroatoms. The Morgan fingerprint density at radius 1 is 1.06 bits per heavy atom. The standard InChI is InChI=1S/C23H30N4O3S/c1-2-16-29-19-10-6-7-11-20(19)30-17-21(28)26-12-14-27(15-13-26)23-25-24-22(31-23)18-8-4-3-5-9-18/h2,6-7,10-11,18H,1,3-5,8-9,12-17H2. The van der Waals surface area contributed by atoms with E-state index in [0.717, 1.165) is 18.2 Å². The van der Waals surface area contributed by atoms with Crippen LogP contribution in [0.1, 0.15) is 43.0 Å². The van der Waals surface area contributed by atoms with E-state index in [-0.39, 0.29) is 12.5 Å². The molecule has 0 N–H and O–H groups in total. The minimum Gasteiger partial charge on any atom is -0.486 e. The molecule has 0 spiro atoms. The molecule has 1 aliphatic carbocycles. The lowest BCUT2D eigenvalue weighted by Gasteiger charge is -2.34. The van der Waals surface area contributed by atoms with Crippen molar-refractivity contribution in [2.45, 2.75) is 38.0 Å². The van der Waals surface area contributed by atoms with Crippen molar-refractivity contribution in [2.75, 3.05) is 44.3 Å². The quantitative estimate of drug-likeness (QED) is 0.578. The molecule has 2 aliphatic rings. The van der Waals surface area contributed by atoms with Gasteiger partial charge in [0, 0.05) is 32.1 Å². The predicted molar refractivity (Wildman–Crippen MR) is 122 cm³/mol. The zero-order valence-electron chi connectivity index (χ0n) is 17.9. The summed E-state index contributed by atoms with van der Waals surface area (Å²) in [6.07, 6.45) is 8.09. The maximum absolute atomic E-state index is 12.7. The van der Waals surface area contributed by atoms with Crippen molar-refractivity contribution < 1.29 is 14.3 Å². The van der Waals surface area contributed by atoms with Crippen molar-refractivity contribution in [3.8, 4) is 11.5 Å². The Hall–Kier alpha value is -2.61. The van der Waals surface area contributed by atoms with Crippen LogP contribution in [0.5, 0.6) is 11.5 Å². The number of rotatable bonds is 8. The Bertz CT molecular complexity index is 873. The molecular weight excluding hydrogens is 412 g/mol. The Kier molecular flexibility index (Phi) is 7.40. The molecule has 7 nitrogen and oxygen atoms in total. The first kappa shape index (κ1) is 21.6. The molecule has 2 fully saturated rings. The summed E-state index contributed by atoms with van der Waals surface area (Å²) in [6.45, 7) is 6.91. The molecule has 0 unspecified atom stereocenters. The third-order valence-corrected chi connectivity index (χ3v) is 6.99. The maximum atomic E-state index is 12.7. The SMILES string of the molecule is C=CCOc1ccccc1OCC(=O)N1CCN(c2nnc(C3CCCCC3)s2)CC1. The van der Waals surface area contributed by atoms with Crippen molar-refractivity contribution >= 4 is 22.4 Å². The molecule has 0 bridgehead atoms. The molecule has 1 aromatic heterocycles. The Morgan fingerprint density at radius 2 is 1.77 bits per heavy atom. The lowest BCUT2D eigenvalue weighted by Crippen LogP contribution is -2.50. The number of carbonyl (C=O) groups excluding carboxylic acids is 1. The number of carbonyl (C=O) groups is 1. The van der Waals surface area contributed by atoms with Crippen LogP contribution in [0, 0.1) is 0 Å². The van der Waals surface area contributed by atoms with Crippen LogP contribution in [-0.2, 0) is 4.79 Å². The zero-order chi connectivity index (χ0) is 21.5. The second kappa shape index (κ2) is 10.6. The van der Waals surface area contributed by atoms with E-state index in [2.05, 4.69) is 21.7 Å². The number of aromatic nitrogens is 2. The van der Waals surface area contributed by atoms with Gasteiger partial charge in [0.05, 0.1) is 0 Å². The highest BCUT2D eigenvalue weighted by molar-refractivity contribution is 7.15. The number of nitrogens with zero attached hydrogens (tertiary/aromatic N) is 4. The van der Waals surface area contributed by atoms with Gasteiger partial charge in [-0.2, -0.15) is 0 Å². The fraction of sp³-hybridized carbons (Fsp3) is 0.522. The fourth-order valence-corrected chi connectivity index (χ4v) is 5.15. The van der Waals surface area contributed by atoms with Crippen LogP contribution in [0.25, 0.3) is 0 Å². The molecular formula is C23H30N4O3S. The largest absolute Gasteiger partial charge is 0.486 e. The number of anilines is 1. The summed E-state index contributed by atoms with van der Waals surface area (Å²) in [7, 11) is 0. The third kappa shape index (κ3) is 5.55. The highest BCUT2D eigenvalue weighted by atomic mass is 32.1. The van der Waals surface area contributed by atoms with Gasteiger partial charge in [0.15, 0.2) is 18.1 Å². The highest BCUT2D eigenvalue weighted by Crippen LogP contribution is 2.36. The van der Waals surface area contributed by atoms with Gasteiger partial charge < -0.3 is 19.3 Å². The number of benzene rings is 1. The molecule has 1 saturated carbocycles. The van der Waals surface area contributed by atoms with E-state index in [1.807, 2.05) is 29.2 Å². The molecule has 2 heterocycles. The lowest BCUT2D eigenvalue weighted by molar-refractivity contribution is -0.133. The van der Waals surface area contributed by atoms with Gasteiger partial charge in [-0.25, -0.2) is 0 Å². The summed E-state index contributed by atoms with van der Waals surface area (Å²) in [4.78, 5) is 16.7. The molecule has 1 aliphatic heterocycles. The number of para-hydroxylation sites is 2. The summed E-state index contributed by atoms with van der Waals surface area (Å²) in [5.74, 6) is 1.75. The normalized spacial score (nSPS) is 17.4. The van der Waals surface area contributed by atoms with Gasteiger partial charge in [-0.1, -0.05) is 55.4 Å². The summed E-state index contributed by atoms with van der Waals surface area (Å²) < 4.78 is 11.3. The second-order valence-electron chi connectivity index (χ2n) is 7.96. The van der Waals surface area contributed by atoms with E-state index in [1.165, 1.54) is 37.1 Å². The number of ether oxygens (including phenoxy) is 2. The van der Waals surface area contributed by atoms with Crippen molar-refractivity contribution in [1.82, 2.24) is 15.1 Å². The smallest absolute Gasteiger partial charge is 0.260 e. The number of piperazine rings is 1. The van der Waals surface area contributed by atoms with E-state index >= 15 is 0 Å². The van der Waals surface area contributed by atoms with Crippen LogP contribution in [0.2, 0.25) is 0 Å². The minimum atomic E-state index is -0.0154. The summed E-state index contributed by atoms with van der Waals surface area (Å²) in [6, 6.07) is 7.37. The lowest BCUT2D eigenvalue weighted by atomic mass is 9.90. The maximum Gasteiger partial charge on any atom is 0.260 e. The van der Waals surface area contributed by atoms with Crippen LogP contribution in [0.3, 0.4) is 0 Å². The van der Waals surface area contributed by atoms with Gasteiger partial charge in [0.2, 0.25) is 5.13 Å². The van der Waals surface area contributed by atoms with Crippen molar-refractivity contribution in [2.24, 2.45) is 0 Å². The molecule has 4 rings (SSSR count). The van der Waals surface area contributed by atoms with Gasteiger partial charge in [-0.15, -0.1) is 10.2 Å². The van der Waals surface area contributed by atoms with Gasteiger partial charge in [-0.05, 0) is 25.0 Å². The highest BCUT2D eigenvalue weighted by Gasteiger charge is 2.26. The summed E-state index contributed by atoms with van der Waals surface area (Å²) in [5.41, 5.74) is 0. The first-order chi connectivity index (χ1) is 15.2. The first-order valence-electron chi connectivity index (χ1n) is 11.1. The van der Waals surface area contributed by atoms with E-state index < -0.39 is 0 Å². The topological polar surface area (TPSA) is 67.8 Å². The third-order valence-electron chi connectivity index (χ3n) is 5.84. The first-order valence-corrected chi connectivity index (χ1v) is 11.9. The van der Waals surface area contributed by atoms with Crippen LogP contribution < -0.4 is 14.4 Å². The average molecular weight is 443 g/mol. The van der Waals surface area contributed by atoms with Crippen molar-refractivity contribution in [3.05, 3.63) is 41.9 Å². The van der Waals surface area contributed by atoms with Gasteiger partial charge >= 0.3 is 0 Å².